The Kier molecular flexibility index (Phi) is 5.63. The molecule has 0 N–H and O–H groups in total. The van der Waals surface area contributed by atoms with Gasteiger partial charge in [-0.15, -0.1) is 0 Å². The molecule has 31 heavy (non-hydrogen) atoms. The van der Waals surface area contributed by atoms with Crippen LogP contribution in [0.1, 0.15) is 67.6 Å². The number of aromatic nitrogens is 2. The fourth-order valence-corrected chi connectivity index (χ4v) is 4.65. The lowest BCUT2D eigenvalue weighted by molar-refractivity contribution is -0.138. The van der Waals surface area contributed by atoms with Gasteiger partial charge in [-0.1, -0.05) is 25.5 Å². The van der Waals surface area contributed by atoms with E-state index in [1.165, 1.54) is 31.4 Å². The van der Waals surface area contributed by atoms with Crippen LogP contribution in [0.25, 0.3) is 0 Å². The van der Waals surface area contributed by atoms with Gasteiger partial charge in [0.25, 0.3) is 0 Å². The highest BCUT2D eigenvalue weighted by molar-refractivity contribution is 5.80. The third kappa shape index (κ3) is 4.30. The Hall–Kier alpha value is -2.50. The van der Waals surface area contributed by atoms with E-state index in [0.29, 0.717) is 18.2 Å². The molecule has 1 aliphatic heterocycles. The fourth-order valence-electron chi connectivity index (χ4n) is 4.65. The third-order valence-electron chi connectivity index (χ3n) is 7.01. The number of halogens is 1. The zero-order valence-corrected chi connectivity index (χ0v) is 18.3. The molecule has 2 aliphatic carbocycles. The molecule has 6 heteroatoms. The third-order valence-corrected chi connectivity index (χ3v) is 7.01. The second kappa shape index (κ2) is 8.56. The van der Waals surface area contributed by atoms with Crippen molar-refractivity contribution in [1.82, 2.24) is 14.9 Å². The molecule has 1 aromatic heterocycles. The predicted octanol–water partition coefficient (Wildman–Crippen LogP) is 4.10. The van der Waals surface area contributed by atoms with Crippen LogP contribution >= 0.6 is 0 Å². The SMILES string of the molecule is CCc1nc(C2CC2)nc(N2CCN(C(=O)C3CCC3)CC2)c1Cc1ccc(F)cc1. The molecule has 5 nitrogen and oxygen atoms in total. The number of amides is 1. The van der Waals surface area contributed by atoms with Crippen molar-refractivity contribution in [2.24, 2.45) is 5.92 Å². The van der Waals surface area contributed by atoms with E-state index in [-0.39, 0.29) is 11.7 Å². The van der Waals surface area contributed by atoms with Crippen LogP contribution in [0.4, 0.5) is 10.2 Å². The predicted molar refractivity (Wildman–Crippen MR) is 119 cm³/mol. The molecule has 0 bridgehead atoms. The largest absolute Gasteiger partial charge is 0.353 e. The molecular weight excluding hydrogens is 391 g/mol. The Bertz CT molecular complexity index is 945. The molecule has 2 aromatic rings. The number of carbonyl (C=O) groups is 1. The van der Waals surface area contributed by atoms with Gasteiger partial charge in [0.05, 0.1) is 0 Å². The highest BCUT2D eigenvalue weighted by Gasteiger charge is 2.33. The molecule has 3 fully saturated rings. The van der Waals surface area contributed by atoms with Crippen LogP contribution in [0.5, 0.6) is 0 Å². The van der Waals surface area contributed by atoms with Crippen LogP contribution < -0.4 is 4.90 Å². The van der Waals surface area contributed by atoms with Crippen molar-refractivity contribution in [3.63, 3.8) is 0 Å². The number of benzene rings is 1. The topological polar surface area (TPSA) is 49.3 Å². The van der Waals surface area contributed by atoms with E-state index in [1.54, 1.807) is 0 Å². The van der Waals surface area contributed by atoms with Gasteiger partial charge in [0, 0.05) is 55.7 Å². The molecule has 0 unspecified atom stereocenters. The summed E-state index contributed by atoms with van der Waals surface area (Å²) in [5.74, 6) is 2.87. The smallest absolute Gasteiger partial charge is 0.225 e. The van der Waals surface area contributed by atoms with Crippen molar-refractivity contribution < 1.29 is 9.18 Å². The number of aryl methyl sites for hydroxylation is 1. The Morgan fingerprint density at radius 1 is 1.03 bits per heavy atom. The van der Waals surface area contributed by atoms with Gasteiger partial charge in [-0.2, -0.15) is 0 Å². The molecule has 3 aliphatic rings. The molecule has 5 rings (SSSR count). The van der Waals surface area contributed by atoms with Crippen LogP contribution in [0.3, 0.4) is 0 Å². The van der Waals surface area contributed by atoms with Gasteiger partial charge in [0.1, 0.15) is 17.5 Å². The Morgan fingerprint density at radius 3 is 2.32 bits per heavy atom. The average Bonchev–Trinajstić information content (AvgIpc) is 3.60. The summed E-state index contributed by atoms with van der Waals surface area (Å²) in [5.41, 5.74) is 3.32. The molecular formula is C25H31FN4O. The summed E-state index contributed by atoms with van der Waals surface area (Å²) in [6, 6.07) is 6.74. The van der Waals surface area contributed by atoms with Crippen LogP contribution in [0, 0.1) is 11.7 Å². The number of piperazine rings is 1. The average molecular weight is 423 g/mol. The van der Waals surface area contributed by atoms with Gasteiger partial charge in [0.15, 0.2) is 0 Å². The van der Waals surface area contributed by atoms with Crippen LogP contribution in [0.2, 0.25) is 0 Å². The van der Waals surface area contributed by atoms with E-state index in [2.05, 4.69) is 11.8 Å². The van der Waals surface area contributed by atoms with Gasteiger partial charge in [-0.3, -0.25) is 4.79 Å². The Labute approximate surface area is 183 Å². The van der Waals surface area contributed by atoms with Crippen molar-refractivity contribution in [1.29, 1.82) is 0 Å². The number of carbonyl (C=O) groups excluding carboxylic acids is 1. The Morgan fingerprint density at radius 2 is 1.74 bits per heavy atom. The summed E-state index contributed by atoms with van der Waals surface area (Å²) in [6.07, 6.45) is 7.19. The van der Waals surface area contributed by atoms with E-state index in [0.717, 1.165) is 73.9 Å². The first-order valence-corrected chi connectivity index (χ1v) is 11.8. The quantitative estimate of drug-likeness (QED) is 0.703. The summed E-state index contributed by atoms with van der Waals surface area (Å²) in [5, 5.41) is 0. The number of rotatable bonds is 6. The molecule has 164 valence electrons. The van der Waals surface area contributed by atoms with Gasteiger partial charge >= 0.3 is 0 Å². The summed E-state index contributed by atoms with van der Waals surface area (Å²) >= 11 is 0. The summed E-state index contributed by atoms with van der Waals surface area (Å²) in [6.45, 7) is 5.27. The molecule has 0 radical (unpaired) electrons. The zero-order chi connectivity index (χ0) is 21.4. The number of hydrogen-bond acceptors (Lipinski definition) is 4. The van der Waals surface area contributed by atoms with Crippen molar-refractivity contribution in [3.05, 3.63) is 52.7 Å². The minimum atomic E-state index is -0.215. The molecule has 2 saturated carbocycles. The van der Waals surface area contributed by atoms with E-state index in [1.807, 2.05) is 17.0 Å². The van der Waals surface area contributed by atoms with E-state index < -0.39 is 0 Å². The minimum absolute atomic E-state index is 0.215. The monoisotopic (exact) mass is 422 g/mol. The van der Waals surface area contributed by atoms with Crippen molar-refractivity contribution in [2.75, 3.05) is 31.1 Å². The lowest BCUT2D eigenvalue weighted by atomic mass is 9.84. The van der Waals surface area contributed by atoms with Gasteiger partial charge in [0.2, 0.25) is 5.91 Å². The first-order chi connectivity index (χ1) is 15.1. The summed E-state index contributed by atoms with van der Waals surface area (Å²) < 4.78 is 13.4. The standard InChI is InChI=1S/C25H31FN4O/c1-2-22-21(16-17-6-10-20(26)11-7-17)24(28-23(27-22)18-8-9-18)29-12-14-30(15-13-29)25(31)19-4-3-5-19/h6-7,10-11,18-19H,2-5,8-9,12-16H2,1H3. The lowest BCUT2D eigenvalue weighted by Crippen LogP contribution is -2.51. The zero-order valence-electron chi connectivity index (χ0n) is 18.3. The fraction of sp³-hybridized carbons (Fsp3) is 0.560. The maximum Gasteiger partial charge on any atom is 0.225 e. The van der Waals surface area contributed by atoms with E-state index in [4.69, 9.17) is 9.97 Å². The number of nitrogens with zero attached hydrogens (tertiary/aromatic N) is 4. The van der Waals surface area contributed by atoms with E-state index in [9.17, 15) is 9.18 Å². The van der Waals surface area contributed by atoms with E-state index >= 15 is 0 Å². The van der Waals surface area contributed by atoms with Gasteiger partial charge < -0.3 is 9.80 Å². The molecule has 2 heterocycles. The lowest BCUT2D eigenvalue weighted by Gasteiger charge is -2.39. The maximum atomic E-state index is 13.4. The maximum absolute atomic E-state index is 13.4. The van der Waals surface area contributed by atoms with Crippen LogP contribution in [-0.2, 0) is 17.6 Å². The molecule has 1 aromatic carbocycles. The highest BCUT2D eigenvalue weighted by Crippen LogP contribution is 2.40. The molecule has 1 saturated heterocycles. The molecule has 0 spiro atoms. The highest BCUT2D eigenvalue weighted by atomic mass is 19.1. The first kappa shape index (κ1) is 20.4. The van der Waals surface area contributed by atoms with Crippen LogP contribution in [0.15, 0.2) is 24.3 Å². The van der Waals surface area contributed by atoms with Crippen molar-refractivity contribution >= 4 is 11.7 Å². The van der Waals surface area contributed by atoms with Gasteiger partial charge in [-0.05, 0) is 49.8 Å². The number of hydrogen-bond donors (Lipinski definition) is 0. The van der Waals surface area contributed by atoms with Crippen LogP contribution in [-0.4, -0.2) is 47.0 Å². The van der Waals surface area contributed by atoms with Crippen molar-refractivity contribution in [2.45, 2.75) is 57.8 Å². The summed E-state index contributed by atoms with van der Waals surface area (Å²) in [7, 11) is 0. The molecule has 1 amide bonds. The second-order valence-corrected chi connectivity index (χ2v) is 9.20. The Balaban J connectivity index is 1.41. The molecule has 0 atom stereocenters. The van der Waals surface area contributed by atoms with Gasteiger partial charge in [-0.25, -0.2) is 14.4 Å². The number of anilines is 1. The summed E-state index contributed by atoms with van der Waals surface area (Å²) in [4.78, 5) is 27.0. The normalized spacial score (nSPS) is 19.4. The first-order valence-electron chi connectivity index (χ1n) is 11.8. The minimum Gasteiger partial charge on any atom is -0.353 e. The van der Waals surface area contributed by atoms with Crippen molar-refractivity contribution in [3.8, 4) is 0 Å². The second-order valence-electron chi connectivity index (χ2n) is 9.20.